The number of halogens is 1. The number of ether oxygens (including phenoxy) is 3. The molecule has 2 aromatic rings. The Kier molecular flexibility index (Phi) is 7.43. The van der Waals surface area contributed by atoms with Crippen molar-refractivity contribution in [3.05, 3.63) is 47.0 Å². The summed E-state index contributed by atoms with van der Waals surface area (Å²) in [5, 5.41) is 3.27. The summed E-state index contributed by atoms with van der Waals surface area (Å²) < 4.78 is 15.6. The van der Waals surface area contributed by atoms with Gasteiger partial charge in [0.05, 0.1) is 37.1 Å². The van der Waals surface area contributed by atoms with Crippen molar-refractivity contribution in [2.45, 2.75) is 4.90 Å². The molecule has 25 heavy (non-hydrogen) atoms. The van der Waals surface area contributed by atoms with Crippen LogP contribution in [0.2, 0.25) is 5.02 Å². The third kappa shape index (κ3) is 5.04. The van der Waals surface area contributed by atoms with Gasteiger partial charge < -0.3 is 19.5 Å². The first-order valence-corrected chi connectivity index (χ1v) is 8.90. The zero-order valence-electron chi connectivity index (χ0n) is 14.3. The van der Waals surface area contributed by atoms with Gasteiger partial charge in [0.25, 0.3) is 5.91 Å². The summed E-state index contributed by atoms with van der Waals surface area (Å²) in [6, 6.07) is 10.7. The highest BCUT2D eigenvalue weighted by Crippen LogP contribution is 2.36. The normalized spacial score (nSPS) is 10.4. The zero-order chi connectivity index (χ0) is 18.2. The molecule has 1 N–H and O–H groups in total. The second-order valence-corrected chi connectivity index (χ2v) is 6.52. The second-order valence-electron chi connectivity index (χ2n) is 4.98. The molecule has 0 radical (unpaired) electrons. The Bertz CT molecular complexity index is 739. The minimum atomic E-state index is -0.233. The second kappa shape index (κ2) is 9.56. The molecule has 0 fully saturated rings. The molecular formula is C18H20ClNO4S. The molecule has 134 valence electrons. The van der Waals surface area contributed by atoms with Crippen molar-refractivity contribution in [1.82, 2.24) is 0 Å². The van der Waals surface area contributed by atoms with Gasteiger partial charge in [0.15, 0.2) is 0 Å². The van der Waals surface area contributed by atoms with Crippen molar-refractivity contribution >= 4 is 35.0 Å². The number of carbonyl (C=O) groups excluding carboxylic acids is 1. The third-order valence-electron chi connectivity index (χ3n) is 3.40. The van der Waals surface area contributed by atoms with Crippen molar-refractivity contribution in [1.29, 1.82) is 0 Å². The Morgan fingerprint density at radius 2 is 1.84 bits per heavy atom. The summed E-state index contributed by atoms with van der Waals surface area (Å²) in [5.74, 6) is 1.45. The van der Waals surface area contributed by atoms with Crippen LogP contribution < -0.4 is 14.8 Å². The topological polar surface area (TPSA) is 56.8 Å². The lowest BCUT2D eigenvalue weighted by atomic mass is 10.2. The van der Waals surface area contributed by atoms with E-state index in [-0.39, 0.29) is 5.91 Å². The summed E-state index contributed by atoms with van der Waals surface area (Å²) in [5.41, 5.74) is 1.07. The van der Waals surface area contributed by atoms with E-state index in [1.807, 2.05) is 18.2 Å². The molecule has 0 bridgehead atoms. The molecule has 0 unspecified atom stereocenters. The van der Waals surface area contributed by atoms with Gasteiger partial charge in [-0.1, -0.05) is 23.7 Å². The highest BCUT2D eigenvalue weighted by molar-refractivity contribution is 7.99. The summed E-state index contributed by atoms with van der Waals surface area (Å²) in [6.07, 6.45) is 0. The number of carbonyl (C=O) groups is 1. The van der Waals surface area contributed by atoms with E-state index in [1.165, 1.54) is 14.2 Å². The van der Waals surface area contributed by atoms with Crippen LogP contribution in [0.25, 0.3) is 0 Å². The van der Waals surface area contributed by atoms with Crippen molar-refractivity contribution < 1.29 is 19.0 Å². The standard InChI is InChI=1S/C18H20ClNO4S/c1-22-8-9-25-17-7-5-4-6-12(17)18(21)20-14-11-15(23-2)13(19)10-16(14)24-3/h4-7,10-11H,8-9H2,1-3H3,(H,20,21). The van der Waals surface area contributed by atoms with Crippen LogP contribution in [0.3, 0.4) is 0 Å². The zero-order valence-corrected chi connectivity index (χ0v) is 15.9. The molecule has 0 spiro atoms. The summed E-state index contributed by atoms with van der Waals surface area (Å²) in [7, 11) is 4.68. The van der Waals surface area contributed by atoms with E-state index in [4.69, 9.17) is 25.8 Å². The van der Waals surface area contributed by atoms with E-state index >= 15 is 0 Å². The van der Waals surface area contributed by atoms with Crippen molar-refractivity contribution in [3.8, 4) is 11.5 Å². The number of amides is 1. The van der Waals surface area contributed by atoms with E-state index in [9.17, 15) is 4.79 Å². The quantitative estimate of drug-likeness (QED) is 0.544. The van der Waals surface area contributed by atoms with Gasteiger partial charge in [-0.15, -0.1) is 11.8 Å². The van der Waals surface area contributed by atoms with E-state index in [1.54, 1.807) is 37.1 Å². The Hall–Kier alpha value is -1.89. The number of rotatable bonds is 8. The molecule has 0 atom stereocenters. The Labute approximate surface area is 156 Å². The average molecular weight is 382 g/mol. The number of methoxy groups -OCH3 is 3. The Balaban J connectivity index is 2.25. The van der Waals surface area contributed by atoms with Crippen LogP contribution in [0.1, 0.15) is 10.4 Å². The highest BCUT2D eigenvalue weighted by Gasteiger charge is 2.16. The van der Waals surface area contributed by atoms with Crippen LogP contribution in [0, 0.1) is 0 Å². The van der Waals surface area contributed by atoms with Gasteiger partial charge in [-0.2, -0.15) is 0 Å². The van der Waals surface area contributed by atoms with E-state index < -0.39 is 0 Å². The maximum Gasteiger partial charge on any atom is 0.256 e. The molecule has 7 heteroatoms. The minimum Gasteiger partial charge on any atom is -0.495 e. The van der Waals surface area contributed by atoms with E-state index in [2.05, 4.69) is 5.32 Å². The predicted octanol–water partition coefficient (Wildman–Crippen LogP) is 4.35. The third-order valence-corrected chi connectivity index (χ3v) is 4.73. The molecule has 2 rings (SSSR count). The molecule has 0 aliphatic heterocycles. The van der Waals surface area contributed by atoms with Gasteiger partial charge in [0.2, 0.25) is 0 Å². The number of benzene rings is 2. The molecule has 2 aromatic carbocycles. The molecule has 0 aliphatic rings. The first kappa shape index (κ1) is 19.4. The first-order valence-electron chi connectivity index (χ1n) is 7.54. The lowest BCUT2D eigenvalue weighted by Crippen LogP contribution is -2.14. The fourth-order valence-electron chi connectivity index (χ4n) is 2.16. The maximum atomic E-state index is 12.7. The average Bonchev–Trinajstić information content (AvgIpc) is 2.63. The summed E-state index contributed by atoms with van der Waals surface area (Å²) >= 11 is 7.66. The van der Waals surface area contributed by atoms with Crippen molar-refractivity contribution in [3.63, 3.8) is 0 Å². The Morgan fingerprint density at radius 1 is 1.12 bits per heavy atom. The molecule has 0 heterocycles. The van der Waals surface area contributed by atoms with Crippen LogP contribution >= 0.6 is 23.4 Å². The van der Waals surface area contributed by atoms with Crippen molar-refractivity contribution in [2.24, 2.45) is 0 Å². The summed E-state index contributed by atoms with van der Waals surface area (Å²) in [6.45, 7) is 0.614. The number of hydrogen-bond donors (Lipinski definition) is 1. The van der Waals surface area contributed by atoms with Gasteiger partial charge in [-0.05, 0) is 12.1 Å². The maximum absolute atomic E-state index is 12.7. The number of thioether (sulfide) groups is 1. The lowest BCUT2D eigenvalue weighted by molar-refractivity contribution is 0.102. The molecule has 0 saturated heterocycles. The van der Waals surface area contributed by atoms with Crippen LogP contribution in [0.15, 0.2) is 41.3 Å². The number of nitrogens with one attached hydrogen (secondary N) is 1. The molecule has 0 aromatic heterocycles. The van der Waals surface area contributed by atoms with E-state index in [0.717, 1.165) is 10.6 Å². The highest BCUT2D eigenvalue weighted by atomic mass is 35.5. The monoisotopic (exact) mass is 381 g/mol. The van der Waals surface area contributed by atoms with Crippen LogP contribution in [-0.4, -0.2) is 39.6 Å². The van der Waals surface area contributed by atoms with Gasteiger partial charge >= 0.3 is 0 Å². The Morgan fingerprint density at radius 3 is 2.52 bits per heavy atom. The van der Waals surface area contributed by atoms with Gasteiger partial charge in [-0.3, -0.25) is 4.79 Å². The van der Waals surface area contributed by atoms with Crippen LogP contribution in [0.5, 0.6) is 11.5 Å². The fourth-order valence-corrected chi connectivity index (χ4v) is 3.35. The smallest absolute Gasteiger partial charge is 0.256 e. The van der Waals surface area contributed by atoms with Gasteiger partial charge in [0, 0.05) is 29.9 Å². The van der Waals surface area contributed by atoms with Gasteiger partial charge in [-0.25, -0.2) is 0 Å². The number of anilines is 1. The van der Waals surface area contributed by atoms with Crippen LogP contribution in [-0.2, 0) is 4.74 Å². The van der Waals surface area contributed by atoms with Gasteiger partial charge in [0.1, 0.15) is 11.5 Å². The molecule has 5 nitrogen and oxygen atoms in total. The van der Waals surface area contributed by atoms with E-state index in [0.29, 0.717) is 34.4 Å². The number of hydrogen-bond acceptors (Lipinski definition) is 5. The molecule has 0 saturated carbocycles. The molecular weight excluding hydrogens is 362 g/mol. The van der Waals surface area contributed by atoms with Crippen molar-refractivity contribution in [2.75, 3.05) is 39.0 Å². The lowest BCUT2D eigenvalue weighted by Gasteiger charge is -2.14. The minimum absolute atomic E-state index is 0.233. The SMILES string of the molecule is COCCSc1ccccc1C(=O)Nc1cc(OC)c(Cl)cc1OC. The largest absolute Gasteiger partial charge is 0.495 e. The molecule has 1 amide bonds. The molecule has 0 aliphatic carbocycles. The predicted molar refractivity (Wildman–Crippen MR) is 102 cm³/mol. The fraction of sp³-hybridized carbons (Fsp3) is 0.278. The summed E-state index contributed by atoms with van der Waals surface area (Å²) in [4.78, 5) is 13.6. The van der Waals surface area contributed by atoms with Crippen LogP contribution in [0.4, 0.5) is 5.69 Å². The first-order chi connectivity index (χ1) is 12.1.